The van der Waals surface area contributed by atoms with Crippen LogP contribution < -0.4 is 4.90 Å². The van der Waals surface area contributed by atoms with E-state index in [0.29, 0.717) is 6.54 Å². The molecule has 0 bridgehead atoms. The lowest BCUT2D eigenvalue weighted by Gasteiger charge is -2.27. The predicted molar refractivity (Wildman–Crippen MR) is 127 cm³/mol. The Hall–Kier alpha value is -3.13. The van der Waals surface area contributed by atoms with Gasteiger partial charge < -0.3 is 4.90 Å². The fourth-order valence-corrected chi connectivity index (χ4v) is 4.95. The van der Waals surface area contributed by atoms with Crippen molar-refractivity contribution in [2.75, 3.05) is 30.3 Å². The number of para-hydroxylation sites is 1. The second-order valence-corrected chi connectivity index (χ2v) is 8.91. The third-order valence-corrected chi connectivity index (χ3v) is 6.70. The minimum absolute atomic E-state index is 0.0111. The molecule has 3 heterocycles. The Balaban J connectivity index is 1.33. The molecule has 2 aliphatic heterocycles. The number of aromatic nitrogens is 3. The van der Waals surface area contributed by atoms with Gasteiger partial charge in [0.25, 0.3) is 5.91 Å². The number of hydrazone groups is 1. The summed E-state index contributed by atoms with van der Waals surface area (Å²) in [4.78, 5) is 15.2. The van der Waals surface area contributed by atoms with Crippen molar-refractivity contribution < 1.29 is 4.79 Å². The molecule has 1 amide bonds. The zero-order valence-electron chi connectivity index (χ0n) is 17.9. The molecule has 0 unspecified atom stereocenters. The van der Waals surface area contributed by atoms with E-state index in [4.69, 9.17) is 0 Å². The van der Waals surface area contributed by atoms with Crippen LogP contribution in [0, 0.1) is 0 Å². The Kier molecular flexibility index (Phi) is 6.20. The molecule has 1 aromatic heterocycles. The van der Waals surface area contributed by atoms with Crippen LogP contribution in [0.4, 0.5) is 5.95 Å². The first-order valence-electron chi connectivity index (χ1n) is 11.1. The van der Waals surface area contributed by atoms with Gasteiger partial charge in [-0.15, -0.1) is 10.2 Å². The highest BCUT2D eigenvalue weighted by Gasteiger charge is 2.25. The van der Waals surface area contributed by atoms with Crippen molar-refractivity contribution in [1.82, 2.24) is 19.8 Å². The number of piperidine rings is 1. The molecule has 0 spiro atoms. The molecule has 8 heteroatoms. The van der Waals surface area contributed by atoms with E-state index in [1.807, 2.05) is 48.5 Å². The van der Waals surface area contributed by atoms with Crippen molar-refractivity contribution >= 4 is 29.3 Å². The SMILES string of the molecule is O=C(CSc1nnc(N2CCCCC2)n1-c1ccccc1)N1CCC(c2ccccc2)=N1. The summed E-state index contributed by atoms with van der Waals surface area (Å²) in [6, 6.07) is 20.2. The van der Waals surface area contributed by atoms with Gasteiger partial charge in [-0.25, -0.2) is 5.01 Å². The first kappa shape index (κ1) is 20.8. The van der Waals surface area contributed by atoms with Gasteiger partial charge in [-0.1, -0.05) is 60.3 Å². The topological polar surface area (TPSA) is 66.6 Å². The molecule has 0 saturated carbocycles. The molecule has 3 aromatic rings. The lowest BCUT2D eigenvalue weighted by Crippen LogP contribution is -2.31. The standard InChI is InChI=1S/C24H26N6OS/c31-22(29-17-14-21(27-29)19-10-4-1-5-11-19)18-32-24-26-25-23(28-15-8-3-9-16-28)30(24)20-12-6-2-7-13-20/h1-2,4-7,10-13H,3,8-9,14-18H2. The second kappa shape index (κ2) is 9.56. The first-order valence-corrected chi connectivity index (χ1v) is 12.1. The van der Waals surface area contributed by atoms with Gasteiger partial charge >= 0.3 is 0 Å². The number of benzene rings is 2. The van der Waals surface area contributed by atoms with E-state index in [9.17, 15) is 4.79 Å². The number of carbonyl (C=O) groups is 1. The molecule has 2 aromatic carbocycles. The van der Waals surface area contributed by atoms with E-state index in [0.717, 1.165) is 47.6 Å². The van der Waals surface area contributed by atoms with E-state index in [-0.39, 0.29) is 11.7 Å². The molecule has 164 valence electrons. The molecule has 5 rings (SSSR count). The Labute approximate surface area is 192 Å². The molecule has 0 aliphatic carbocycles. The van der Waals surface area contributed by atoms with Crippen molar-refractivity contribution in [3.8, 4) is 5.69 Å². The van der Waals surface area contributed by atoms with Gasteiger partial charge in [-0.05, 0) is 37.0 Å². The van der Waals surface area contributed by atoms with Crippen molar-refractivity contribution in [2.24, 2.45) is 5.10 Å². The molecule has 0 atom stereocenters. The van der Waals surface area contributed by atoms with Crippen LogP contribution in [0.1, 0.15) is 31.2 Å². The van der Waals surface area contributed by atoms with Gasteiger partial charge in [0, 0.05) is 19.5 Å². The van der Waals surface area contributed by atoms with Crippen LogP contribution >= 0.6 is 11.8 Å². The van der Waals surface area contributed by atoms with Crippen molar-refractivity contribution in [3.63, 3.8) is 0 Å². The number of rotatable bonds is 6. The Morgan fingerprint density at radius 3 is 2.34 bits per heavy atom. The largest absolute Gasteiger partial charge is 0.341 e. The maximum atomic E-state index is 12.9. The molecule has 7 nitrogen and oxygen atoms in total. The van der Waals surface area contributed by atoms with Gasteiger partial charge in [0.1, 0.15) is 0 Å². The summed E-state index contributed by atoms with van der Waals surface area (Å²) in [5.74, 6) is 1.12. The Morgan fingerprint density at radius 1 is 0.875 bits per heavy atom. The first-order chi connectivity index (χ1) is 15.8. The van der Waals surface area contributed by atoms with Crippen LogP contribution in [0.25, 0.3) is 5.69 Å². The molecule has 32 heavy (non-hydrogen) atoms. The number of nitrogens with zero attached hydrogens (tertiary/aromatic N) is 6. The quantitative estimate of drug-likeness (QED) is 0.536. The fraction of sp³-hybridized carbons (Fsp3) is 0.333. The minimum Gasteiger partial charge on any atom is -0.341 e. The summed E-state index contributed by atoms with van der Waals surface area (Å²) >= 11 is 1.42. The van der Waals surface area contributed by atoms with Gasteiger partial charge in [-0.3, -0.25) is 9.36 Å². The van der Waals surface area contributed by atoms with Crippen molar-refractivity contribution in [3.05, 3.63) is 66.2 Å². The van der Waals surface area contributed by atoms with Gasteiger partial charge in [0.15, 0.2) is 5.16 Å². The Morgan fingerprint density at radius 2 is 1.59 bits per heavy atom. The number of thioether (sulfide) groups is 1. The molecule has 0 radical (unpaired) electrons. The number of hydrogen-bond acceptors (Lipinski definition) is 6. The van der Waals surface area contributed by atoms with Crippen molar-refractivity contribution in [1.29, 1.82) is 0 Å². The van der Waals surface area contributed by atoms with Crippen LogP contribution in [-0.4, -0.2) is 56.8 Å². The highest BCUT2D eigenvalue weighted by molar-refractivity contribution is 7.99. The van der Waals surface area contributed by atoms with E-state index in [2.05, 4.69) is 36.9 Å². The molecular formula is C24H26N6OS. The molecule has 2 aliphatic rings. The summed E-state index contributed by atoms with van der Waals surface area (Å²) in [6.45, 7) is 2.59. The summed E-state index contributed by atoms with van der Waals surface area (Å²) in [6.07, 6.45) is 4.37. The average Bonchev–Trinajstić information content (AvgIpc) is 3.52. The van der Waals surface area contributed by atoms with Crippen LogP contribution in [0.15, 0.2) is 70.9 Å². The third-order valence-electron chi connectivity index (χ3n) is 5.79. The van der Waals surface area contributed by atoms with E-state index in [1.165, 1.54) is 31.0 Å². The maximum absolute atomic E-state index is 12.9. The maximum Gasteiger partial charge on any atom is 0.253 e. The highest BCUT2D eigenvalue weighted by Crippen LogP contribution is 2.28. The van der Waals surface area contributed by atoms with Gasteiger partial charge in [-0.2, -0.15) is 5.10 Å². The molecular weight excluding hydrogens is 420 g/mol. The normalized spacial score (nSPS) is 16.3. The highest BCUT2D eigenvalue weighted by atomic mass is 32.2. The summed E-state index contributed by atoms with van der Waals surface area (Å²) < 4.78 is 2.08. The summed E-state index contributed by atoms with van der Waals surface area (Å²) in [7, 11) is 0. The molecule has 1 fully saturated rings. The van der Waals surface area contributed by atoms with E-state index < -0.39 is 0 Å². The average molecular weight is 447 g/mol. The monoisotopic (exact) mass is 446 g/mol. The zero-order valence-corrected chi connectivity index (χ0v) is 18.7. The third kappa shape index (κ3) is 4.41. The zero-order chi connectivity index (χ0) is 21.8. The predicted octanol–water partition coefficient (Wildman–Crippen LogP) is 3.99. The summed E-state index contributed by atoms with van der Waals surface area (Å²) in [5.41, 5.74) is 3.05. The minimum atomic E-state index is -0.0111. The van der Waals surface area contributed by atoms with Gasteiger partial charge in [0.2, 0.25) is 5.95 Å². The van der Waals surface area contributed by atoms with E-state index in [1.54, 1.807) is 5.01 Å². The lowest BCUT2D eigenvalue weighted by molar-refractivity contribution is -0.127. The van der Waals surface area contributed by atoms with Crippen LogP contribution in [0.5, 0.6) is 0 Å². The molecule has 1 saturated heterocycles. The van der Waals surface area contributed by atoms with Crippen molar-refractivity contribution in [2.45, 2.75) is 30.8 Å². The van der Waals surface area contributed by atoms with Crippen LogP contribution in [0.3, 0.4) is 0 Å². The summed E-state index contributed by atoms with van der Waals surface area (Å²) in [5, 5.41) is 15.9. The van der Waals surface area contributed by atoms with Crippen LogP contribution in [0.2, 0.25) is 0 Å². The molecule has 0 N–H and O–H groups in total. The van der Waals surface area contributed by atoms with Crippen LogP contribution in [-0.2, 0) is 4.79 Å². The number of amides is 1. The van der Waals surface area contributed by atoms with Gasteiger partial charge in [0.05, 0.1) is 23.7 Å². The second-order valence-electron chi connectivity index (χ2n) is 7.97. The Bertz CT molecular complexity index is 1090. The fourth-order valence-electron chi connectivity index (χ4n) is 4.13. The number of anilines is 1. The number of hydrogen-bond donors (Lipinski definition) is 0. The smallest absolute Gasteiger partial charge is 0.253 e. The lowest BCUT2D eigenvalue weighted by atomic mass is 10.1. The van der Waals surface area contributed by atoms with E-state index >= 15 is 0 Å². The number of carbonyl (C=O) groups excluding carboxylic acids is 1.